The average Bonchev–Trinajstić information content (AvgIpc) is 2.42. The van der Waals surface area contributed by atoms with Gasteiger partial charge in [0.05, 0.1) is 5.69 Å². The van der Waals surface area contributed by atoms with Crippen molar-refractivity contribution in [2.45, 2.75) is 6.92 Å². The van der Waals surface area contributed by atoms with Crippen LogP contribution in [0.3, 0.4) is 0 Å². The van der Waals surface area contributed by atoms with E-state index in [0.29, 0.717) is 0 Å². The quantitative estimate of drug-likeness (QED) is 0.800. The summed E-state index contributed by atoms with van der Waals surface area (Å²) in [5.41, 5.74) is 2.75. The van der Waals surface area contributed by atoms with Crippen molar-refractivity contribution in [2.24, 2.45) is 0 Å². The van der Waals surface area contributed by atoms with Gasteiger partial charge in [-0.2, -0.15) is 0 Å². The SMILES string of the molecule is Cc1cc(N2C(=O)COc3ccccc32)ccc1Br. The molecule has 0 radical (unpaired) electrons. The zero-order valence-electron chi connectivity index (χ0n) is 10.4. The van der Waals surface area contributed by atoms with Gasteiger partial charge in [-0.05, 0) is 42.8 Å². The molecule has 1 aliphatic rings. The van der Waals surface area contributed by atoms with Crippen molar-refractivity contribution >= 4 is 33.2 Å². The van der Waals surface area contributed by atoms with E-state index < -0.39 is 0 Å². The molecule has 2 aromatic carbocycles. The van der Waals surface area contributed by atoms with Gasteiger partial charge in [0.15, 0.2) is 6.61 Å². The lowest BCUT2D eigenvalue weighted by atomic mass is 10.1. The molecule has 0 spiro atoms. The van der Waals surface area contributed by atoms with Crippen LogP contribution in [0.5, 0.6) is 5.75 Å². The van der Waals surface area contributed by atoms with Gasteiger partial charge in [-0.25, -0.2) is 0 Å². The molecule has 0 aliphatic carbocycles. The Morgan fingerprint density at radius 3 is 2.79 bits per heavy atom. The molecule has 19 heavy (non-hydrogen) atoms. The summed E-state index contributed by atoms with van der Waals surface area (Å²) in [6.07, 6.45) is 0. The molecule has 2 aromatic rings. The molecule has 3 rings (SSSR count). The number of carbonyl (C=O) groups excluding carboxylic acids is 1. The second kappa shape index (κ2) is 4.70. The molecular formula is C15H12BrNO2. The first-order valence-electron chi connectivity index (χ1n) is 5.98. The standard InChI is InChI=1S/C15H12BrNO2/c1-10-8-11(6-7-12(10)16)17-13-4-2-3-5-14(13)19-9-15(17)18/h2-8H,9H2,1H3. The largest absolute Gasteiger partial charge is 0.482 e. The van der Waals surface area contributed by atoms with Crippen molar-refractivity contribution in [3.63, 3.8) is 0 Å². The van der Waals surface area contributed by atoms with E-state index in [1.165, 1.54) is 0 Å². The van der Waals surface area contributed by atoms with Gasteiger partial charge in [0.2, 0.25) is 0 Å². The lowest BCUT2D eigenvalue weighted by Gasteiger charge is -2.29. The topological polar surface area (TPSA) is 29.5 Å². The molecule has 0 saturated carbocycles. The molecule has 0 aromatic heterocycles. The Hall–Kier alpha value is -1.81. The summed E-state index contributed by atoms with van der Waals surface area (Å²) in [6, 6.07) is 13.4. The van der Waals surface area contributed by atoms with Gasteiger partial charge in [0.1, 0.15) is 5.75 Å². The third kappa shape index (κ3) is 2.12. The van der Waals surface area contributed by atoms with Crippen LogP contribution in [0.25, 0.3) is 0 Å². The van der Waals surface area contributed by atoms with Crippen molar-refractivity contribution in [3.8, 4) is 5.75 Å². The van der Waals surface area contributed by atoms with Crippen molar-refractivity contribution in [3.05, 3.63) is 52.5 Å². The van der Waals surface area contributed by atoms with Crippen LogP contribution in [0.4, 0.5) is 11.4 Å². The molecule has 0 bridgehead atoms. The van der Waals surface area contributed by atoms with Crippen LogP contribution in [-0.2, 0) is 4.79 Å². The smallest absolute Gasteiger partial charge is 0.269 e. The minimum absolute atomic E-state index is 0.0552. The summed E-state index contributed by atoms with van der Waals surface area (Å²) >= 11 is 3.47. The Morgan fingerprint density at radius 2 is 2.00 bits per heavy atom. The van der Waals surface area contributed by atoms with Crippen LogP contribution < -0.4 is 9.64 Å². The minimum atomic E-state index is -0.0552. The Balaban J connectivity index is 2.13. The van der Waals surface area contributed by atoms with E-state index in [0.717, 1.165) is 27.2 Å². The van der Waals surface area contributed by atoms with Gasteiger partial charge >= 0.3 is 0 Å². The van der Waals surface area contributed by atoms with E-state index in [9.17, 15) is 4.79 Å². The van der Waals surface area contributed by atoms with Crippen molar-refractivity contribution in [2.75, 3.05) is 11.5 Å². The van der Waals surface area contributed by atoms with Gasteiger partial charge in [-0.15, -0.1) is 0 Å². The van der Waals surface area contributed by atoms with Crippen molar-refractivity contribution in [1.29, 1.82) is 0 Å². The van der Waals surface area contributed by atoms with E-state index in [1.807, 2.05) is 49.4 Å². The molecular weight excluding hydrogens is 306 g/mol. The highest BCUT2D eigenvalue weighted by Crippen LogP contribution is 2.37. The summed E-state index contributed by atoms with van der Waals surface area (Å²) in [5, 5.41) is 0. The second-order valence-corrected chi connectivity index (χ2v) is 5.27. The number of para-hydroxylation sites is 2. The second-order valence-electron chi connectivity index (χ2n) is 4.42. The summed E-state index contributed by atoms with van der Waals surface area (Å²) in [6.45, 7) is 2.08. The normalized spacial score (nSPS) is 14.0. The number of nitrogens with zero attached hydrogens (tertiary/aromatic N) is 1. The van der Waals surface area contributed by atoms with E-state index >= 15 is 0 Å². The predicted molar refractivity (Wildman–Crippen MR) is 78.0 cm³/mol. The molecule has 0 unspecified atom stereocenters. The zero-order valence-corrected chi connectivity index (χ0v) is 12.0. The Morgan fingerprint density at radius 1 is 1.21 bits per heavy atom. The van der Waals surface area contributed by atoms with Gasteiger partial charge < -0.3 is 4.74 Å². The van der Waals surface area contributed by atoms with Crippen LogP contribution in [0.2, 0.25) is 0 Å². The number of hydrogen-bond donors (Lipinski definition) is 0. The number of ether oxygens (including phenoxy) is 1. The first kappa shape index (κ1) is 12.2. The van der Waals surface area contributed by atoms with Gasteiger partial charge in [0, 0.05) is 10.2 Å². The Kier molecular flexibility index (Phi) is 3.03. The number of aryl methyl sites for hydroxylation is 1. The Bertz CT molecular complexity index is 654. The number of anilines is 2. The molecule has 3 nitrogen and oxygen atoms in total. The van der Waals surface area contributed by atoms with Crippen molar-refractivity contribution < 1.29 is 9.53 Å². The van der Waals surface area contributed by atoms with Gasteiger partial charge in [0.25, 0.3) is 5.91 Å². The van der Waals surface area contributed by atoms with E-state index in [-0.39, 0.29) is 12.5 Å². The fraction of sp³-hybridized carbons (Fsp3) is 0.133. The molecule has 0 fully saturated rings. The van der Waals surface area contributed by atoms with Crippen molar-refractivity contribution in [1.82, 2.24) is 0 Å². The molecule has 1 heterocycles. The fourth-order valence-electron chi connectivity index (χ4n) is 2.15. The number of amides is 1. The molecule has 1 aliphatic heterocycles. The first-order valence-corrected chi connectivity index (χ1v) is 6.77. The third-order valence-electron chi connectivity index (χ3n) is 3.11. The first-order chi connectivity index (χ1) is 9.16. The van der Waals surface area contributed by atoms with Crippen LogP contribution in [0, 0.1) is 6.92 Å². The molecule has 0 N–H and O–H groups in total. The molecule has 4 heteroatoms. The number of benzene rings is 2. The number of carbonyl (C=O) groups is 1. The van der Waals surface area contributed by atoms with Crippen LogP contribution >= 0.6 is 15.9 Å². The van der Waals surface area contributed by atoms with Gasteiger partial charge in [-0.1, -0.05) is 28.1 Å². The lowest BCUT2D eigenvalue weighted by Crippen LogP contribution is -2.35. The predicted octanol–water partition coefficient (Wildman–Crippen LogP) is 3.81. The lowest BCUT2D eigenvalue weighted by molar-refractivity contribution is -0.120. The number of halogens is 1. The summed E-state index contributed by atoms with van der Waals surface area (Å²) in [4.78, 5) is 13.8. The highest BCUT2D eigenvalue weighted by atomic mass is 79.9. The van der Waals surface area contributed by atoms with E-state index in [4.69, 9.17) is 4.74 Å². The minimum Gasteiger partial charge on any atom is -0.482 e. The molecule has 1 amide bonds. The summed E-state index contributed by atoms with van der Waals surface area (Å²) in [7, 11) is 0. The van der Waals surface area contributed by atoms with E-state index in [1.54, 1.807) is 4.90 Å². The van der Waals surface area contributed by atoms with Crippen LogP contribution in [0.15, 0.2) is 46.9 Å². The summed E-state index contributed by atoms with van der Waals surface area (Å²) in [5.74, 6) is 0.683. The maximum atomic E-state index is 12.1. The summed E-state index contributed by atoms with van der Waals surface area (Å²) < 4.78 is 6.47. The maximum Gasteiger partial charge on any atom is 0.269 e. The monoisotopic (exact) mass is 317 g/mol. The van der Waals surface area contributed by atoms with Gasteiger partial charge in [-0.3, -0.25) is 9.69 Å². The fourth-order valence-corrected chi connectivity index (χ4v) is 2.40. The molecule has 0 atom stereocenters. The maximum absolute atomic E-state index is 12.1. The Labute approximate surface area is 119 Å². The highest BCUT2D eigenvalue weighted by Gasteiger charge is 2.26. The molecule has 96 valence electrons. The van der Waals surface area contributed by atoms with Crippen LogP contribution in [0.1, 0.15) is 5.56 Å². The number of hydrogen-bond acceptors (Lipinski definition) is 2. The molecule has 0 saturated heterocycles. The highest BCUT2D eigenvalue weighted by molar-refractivity contribution is 9.10. The number of fused-ring (bicyclic) bond motifs is 1. The average molecular weight is 318 g/mol. The van der Waals surface area contributed by atoms with E-state index in [2.05, 4.69) is 15.9 Å². The zero-order chi connectivity index (χ0) is 13.4. The van der Waals surface area contributed by atoms with Crippen LogP contribution in [-0.4, -0.2) is 12.5 Å². The number of rotatable bonds is 1. The third-order valence-corrected chi connectivity index (χ3v) is 4.00.